The second-order valence-corrected chi connectivity index (χ2v) is 9.26. The molecule has 2 aromatic rings. The van der Waals surface area contributed by atoms with E-state index in [2.05, 4.69) is 19.9 Å². The smallest absolute Gasteiger partial charge is 0.306 e. The molecule has 0 aromatic heterocycles. The van der Waals surface area contributed by atoms with Crippen molar-refractivity contribution in [2.24, 2.45) is 11.8 Å². The number of ether oxygens (including phenoxy) is 3. The van der Waals surface area contributed by atoms with Crippen LogP contribution in [-0.2, 0) is 17.6 Å². The van der Waals surface area contributed by atoms with Crippen molar-refractivity contribution in [3.63, 3.8) is 0 Å². The molecule has 0 unspecified atom stereocenters. The molecular formula is C25H30O5. The molecule has 0 saturated heterocycles. The van der Waals surface area contributed by atoms with Crippen molar-refractivity contribution in [3.05, 3.63) is 53.6 Å². The van der Waals surface area contributed by atoms with Crippen LogP contribution in [-0.4, -0.2) is 29.4 Å². The van der Waals surface area contributed by atoms with Crippen LogP contribution >= 0.6 is 0 Å². The molecule has 4 rings (SSSR count). The molecule has 1 N–H and O–H groups in total. The lowest BCUT2D eigenvalue weighted by molar-refractivity contribution is -0.141. The number of hydrogen-bond donors (Lipinski definition) is 1. The maximum atomic E-state index is 11.1. The standard InChI is InChI=1S/C25H30O5/c1-16(24(26)27)10-17-6-4-8-20(11-17)28-15-18-12-21(13-18)29-22-9-5-7-19-14-25(2,3)30-23(19)22/h4-9,11,16,18,21H,10,12-15H2,1-3H3,(H,26,27)/t16-,18?,21?/m0/s1. The van der Waals surface area contributed by atoms with Crippen molar-refractivity contribution in [2.75, 3.05) is 6.61 Å². The van der Waals surface area contributed by atoms with Crippen LogP contribution in [0.5, 0.6) is 17.2 Å². The molecule has 0 spiro atoms. The third-order valence-corrected chi connectivity index (χ3v) is 5.89. The van der Waals surface area contributed by atoms with Gasteiger partial charge in [0.1, 0.15) is 11.4 Å². The van der Waals surface area contributed by atoms with E-state index in [0.717, 1.165) is 42.1 Å². The predicted octanol–water partition coefficient (Wildman–Crippen LogP) is 4.90. The zero-order chi connectivity index (χ0) is 21.3. The lowest BCUT2D eigenvalue weighted by Crippen LogP contribution is -2.37. The molecule has 1 heterocycles. The Morgan fingerprint density at radius 2 is 2.00 bits per heavy atom. The van der Waals surface area contributed by atoms with Gasteiger partial charge < -0.3 is 19.3 Å². The second kappa shape index (κ2) is 8.21. The molecule has 1 atom stereocenters. The molecule has 5 nitrogen and oxygen atoms in total. The Morgan fingerprint density at radius 3 is 2.77 bits per heavy atom. The Morgan fingerprint density at radius 1 is 1.23 bits per heavy atom. The van der Waals surface area contributed by atoms with Gasteiger partial charge in [0.15, 0.2) is 11.5 Å². The molecule has 2 aliphatic rings. The van der Waals surface area contributed by atoms with E-state index < -0.39 is 11.9 Å². The van der Waals surface area contributed by atoms with Crippen LogP contribution in [0.3, 0.4) is 0 Å². The average molecular weight is 411 g/mol. The lowest BCUT2D eigenvalue weighted by atomic mass is 9.83. The van der Waals surface area contributed by atoms with Gasteiger partial charge in [-0.2, -0.15) is 0 Å². The van der Waals surface area contributed by atoms with Gasteiger partial charge in [-0.3, -0.25) is 4.79 Å². The first kappa shape index (κ1) is 20.6. The Labute approximate surface area is 178 Å². The van der Waals surface area contributed by atoms with E-state index in [1.165, 1.54) is 5.56 Å². The van der Waals surface area contributed by atoms with E-state index >= 15 is 0 Å². The molecule has 2 aromatic carbocycles. The first-order chi connectivity index (χ1) is 14.3. The summed E-state index contributed by atoms with van der Waals surface area (Å²) in [4.78, 5) is 11.1. The Hall–Kier alpha value is -2.69. The maximum absolute atomic E-state index is 11.1. The van der Waals surface area contributed by atoms with Gasteiger partial charge in [-0.1, -0.05) is 31.2 Å². The SMILES string of the molecule is C[C@@H](Cc1cccc(OCC2CC(Oc3cccc4c3OC(C)(C)C4)C2)c1)C(=O)O. The molecule has 0 radical (unpaired) electrons. The van der Waals surface area contributed by atoms with Crippen LogP contribution < -0.4 is 14.2 Å². The maximum Gasteiger partial charge on any atom is 0.306 e. The van der Waals surface area contributed by atoms with Gasteiger partial charge in [0.25, 0.3) is 0 Å². The number of aliphatic carboxylic acids is 1. The normalized spacial score (nSPS) is 22.4. The molecule has 1 aliphatic carbocycles. The van der Waals surface area contributed by atoms with Crippen LogP contribution in [0.25, 0.3) is 0 Å². The Bertz CT molecular complexity index is 914. The van der Waals surface area contributed by atoms with Crippen molar-refractivity contribution in [1.29, 1.82) is 0 Å². The van der Waals surface area contributed by atoms with Crippen molar-refractivity contribution in [2.45, 2.75) is 58.2 Å². The fourth-order valence-corrected chi connectivity index (χ4v) is 4.18. The topological polar surface area (TPSA) is 65.0 Å². The Balaban J connectivity index is 1.25. The van der Waals surface area contributed by atoms with E-state index in [-0.39, 0.29) is 11.7 Å². The summed E-state index contributed by atoms with van der Waals surface area (Å²) in [5.74, 6) is 1.83. The fraction of sp³-hybridized carbons (Fsp3) is 0.480. The number of carbonyl (C=O) groups is 1. The lowest BCUT2D eigenvalue weighted by Gasteiger charge is -2.35. The monoisotopic (exact) mass is 410 g/mol. The number of benzene rings is 2. The van der Waals surface area contributed by atoms with Crippen molar-refractivity contribution < 1.29 is 24.1 Å². The van der Waals surface area contributed by atoms with Gasteiger partial charge in [0.2, 0.25) is 0 Å². The Kier molecular flexibility index (Phi) is 5.63. The van der Waals surface area contributed by atoms with Crippen LogP contribution in [0, 0.1) is 11.8 Å². The number of rotatable bonds is 8. The van der Waals surface area contributed by atoms with Crippen molar-refractivity contribution >= 4 is 5.97 Å². The summed E-state index contributed by atoms with van der Waals surface area (Å²) in [5, 5.41) is 9.08. The second-order valence-electron chi connectivity index (χ2n) is 9.26. The highest BCUT2D eigenvalue weighted by Crippen LogP contribution is 2.43. The van der Waals surface area contributed by atoms with Crippen LogP contribution in [0.1, 0.15) is 44.7 Å². The van der Waals surface area contributed by atoms with Gasteiger partial charge in [-0.15, -0.1) is 0 Å². The summed E-state index contributed by atoms with van der Waals surface area (Å²) >= 11 is 0. The van der Waals surface area contributed by atoms with Gasteiger partial charge in [0.05, 0.1) is 18.6 Å². The van der Waals surface area contributed by atoms with Crippen molar-refractivity contribution in [1.82, 2.24) is 0 Å². The van der Waals surface area contributed by atoms with E-state index in [1.807, 2.05) is 36.4 Å². The molecule has 5 heteroatoms. The minimum atomic E-state index is -0.778. The minimum absolute atomic E-state index is 0.172. The molecule has 1 fully saturated rings. The summed E-state index contributed by atoms with van der Waals surface area (Å²) in [6, 6.07) is 13.9. The van der Waals surface area contributed by atoms with Gasteiger partial charge >= 0.3 is 5.97 Å². The predicted molar refractivity (Wildman–Crippen MR) is 114 cm³/mol. The largest absolute Gasteiger partial charge is 0.493 e. The molecule has 1 aliphatic heterocycles. The fourth-order valence-electron chi connectivity index (χ4n) is 4.18. The number of carboxylic acid groups (broad SMARTS) is 1. The summed E-state index contributed by atoms with van der Waals surface area (Å²) in [6.45, 7) is 6.57. The van der Waals surface area contributed by atoms with Crippen LogP contribution in [0.15, 0.2) is 42.5 Å². The highest BCUT2D eigenvalue weighted by Gasteiger charge is 2.35. The third-order valence-electron chi connectivity index (χ3n) is 5.89. The van der Waals surface area contributed by atoms with Gasteiger partial charge in [-0.25, -0.2) is 0 Å². The summed E-state index contributed by atoms with van der Waals surface area (Å²) in [5.41, 5.74) is 2.03. The molecular weight excluding hydrogens is 380 g/mol. The minimum Gasteiger partial charge on any atom is -0.493 e. The van der Waals surface area contributed by atoms with Crippen molar-refractivity contribution in [3.8, 4) is 17.2 Å². The van der Waals surface area contributed by atoms with Crippen LogP contribution in [0.2, 0.25) is 0 Å². The van der Waals surface area contributed by atoms with E-state index in [9.17, 15) is 4.79 Å². The average Bonchev–Trinajstić information content (AvgIpc) is 2.98. The summed E-state index contributed by atoms with van der Waals surface area (Å²) in [6.07, 6.45) is 3.53. The van der Waals surface area contributed by atoms with E-state index in [1.54, 1.807) is 6.92 Å². The zero-order valence-corrected chi connectivity index (χ0v) is 17.9. The summed E-state index contributed by atoms with van der Waals surface area (Å²) < 4.78 is 18.3. The number of hydrogen-bond acceptors (Lipinski definition) is 4. The molecule has 160 valence electrons. The van der Waals surface area contributed by atoms with Gasteiger partial charge in [0, 0.05) is 12.0 Å². The molecule has 0 amide bonds. The number of carboxylic acids is 1. The first-order valence-electron chi connectivity index (χ1n) is 10.7. The zero-order valence-electron chi connectivity index (χ0n) is 17.9. The highest BCUT2D eigenvalue weighted by molar-refractivity contribution is 5.69. The van der Waals surface area contributed by atoms with E-state index in [4.69, 9.17) is 19.3 Å². The first-order valence-corrected chi connectivity index (χ1v) is 10.7. The molecule has 1 saturated carbocycles. The van der Waals surface area contributed by atoms with Gasteiger partial charge in [-0.05, 0) is 62.8 Å². The van der Waals surface area contributed by atoms with Crippen LogP contribution in [0.4, 0.5) is 0 Å². The highest BCUT2D eigenvalue weighted by atomic mass is 16.5. The molecule has 30 heavy (non-hydrogen) atoms. The number of para-hydroxylation sites is 1. The number of fused-ring (bicyclic) bond motifs is 1. The summed E-state index contributed by atoms with van der Waals surface area (Å²) in [7, 11) is 0. The van der Waals surface area contributed by atoms with E-state index in [0.29, 0.717) is 18.9 Å². The quantitative estimate of drug-likeness (QED) is 0.671. The molecule has 0 bridgehead atoms. The third kappa shape index (κ3) is 4.72.